The summed E-state index contributed by atoms with van der Waals surface area (Å²) in [6.07, 6.45) is 0. The van der Waals surface area contributed by atoms with Crippen molar-refractivity contribution in [2.45, 2.75) is 0 Å². The zero-order chi connectivity index (χ0) is 16.3. The van der Waals surface area contributed by atoms with Crippen LogP contribution in [-0.2, 0) is 0 Å². The predicted molar refractivity (Wildman–Crippen MR) is 99.8 cm³/mol. The molecule has 0 bridgehead atoms. The predicted octanol–water partition coefficient (Wildman–Crippen LogP) is 5.71. The Bertz CT molecular complexity index is 1270. The van der Waals surface area contributed by atoms with Gasteiger partial charge in [0.1, 0.15) is 0 Å². The molecular formula is C22H14O2. The van der Waals surface area contributed by atoms with Gasteiger partial charge in [0.05, 0.1) is 0 Å². The van der Waals surface area contributed by atoms with E-state index in [-0.39, 0.29) is 11.5 Å². The molecule has 0 saturated heterocycles. The summed E-state index contributed by atoms with van der Waals surface area (Å²) in [5.74, 6) is -0.147. The molecule has 2 heteroatoms. The van der Waals surface area contributed by atoms with Gasteiger partial charge in [-0.2, -0.15) is 0 Å². The highest BCUT2D eigenvalue weighted by atomic mass is 16.3. The first-order chi connectivity index (χ1) is 11.7. The normalized spacial score (nSPS) is 11.7. The van der Waals surface area contributed by atoms with E-state index in [1.165, 1.54) is 5.39 Å². The van der Waals surface area contributed by atoms with E-state index < -0.39 is 0 Å². The number of aromatic hydroxyl groups is 2. The van der Waals surface area contributed by atoms with Crippen molar-refractivity contribution in [2.24, 2.45) is 0 Å². The Hall–Kier alpha value is -3.26. The van der Waals surface area contributed by atoms with Crippen molar-refractivity contribution in [2.75, 3.05) is 0 Å². The fourth-order valence-corrected chi connectivity index (χ4v) is 3.70. The lowest BCUT2D eigenvalue weighted by Crippen LogP contribution is -1.85. The molecule has 0 atom stereocenters. The average Bonchev–Trinajstić information content (AvgIpc) is 2.63. The number of rotatable bonds is 0. The highest BCUT2D eigenvalue weighted by molar-refractivity contribution is 6.28. The van der Waals surface area contributed by atoms with Crippen LogP contribution in [-0.4, -0.2) is 10.2 Å². The zero-order valence-electron chi connectivity index (χ0n) is 12.8. The molecule has 0 aliphatic carbocycles. The van der Waals surface area contributed by atoms with E-state index in [1.807, 2.05) is 36.4 Å². The molecule has 2 N–H and O–H groups in total. The van der Waals surface area contributed by atoms with Crippen molar-refractivity contribution in [3.05, 3.63) is 72.8 Å². The molecule has 0 heterocycles. The zero-order valence-corrected chi connectivity index (χ0v) is 12.8. The maximum absolute atomic E-state index is 10.5. The number of fused-ring (bicyclic) bond motifs is 7. The first-order valence-corrected chi connectivity index (χ1v) is 7.92. The third-order valence-electron chi connectivity index (χ3n) is 4.82. The summed E-state index contributed by atoms with van der Waals surface area (Å²) in [4.78, 5) is 0. The van der Waals surface area contributed by atoms with Crippen LogP contribution >= 0.6 is 0 Å². The van der Waals surface area contributed by atoms with Crippen LogP contribution in [0.1, 0.15) is 0 Å². The highest BCUT2D eigenvalue weighted by Gasteiger charge is 2.14. The van der Waals surface area contributed by atoms with E-state index in [4.69, 9.17) is 0 Å². The van der Waals surface area contributed by atoms with Crippen LogP contribution < -0.4 is 0 Å². The molecule has 0 aliphatic rings. The standard InChI is InChI=1S/C22H14O2/c23-20-10-9-17-19-12-14-6-2-1-5-13(14)11-18(19)15-7-3-4-8-16(15)21(17)22(20)24/h1-12,23-24H. The van der Waals surface area contributed by atoms with E-state index in [1.54, 1.807) is 6.07 Å². The lowest BCUT2D eigenvalue weighted by Gasteiger charge is -2.13. The molecule has 5 aromatic rings. The monoisotopic (exact) mass is 310 g/mol. The van der Waals surface area contributed by atoms with Crippen molar-refractivity contribution in [1.82, 2.24) is 0 Å². The molecule has 0 radical (unpaired) electrons. The van der Waals surface area contributed by atoms with Gasteiger partial charge in [0.25, 0.3) is 0 Å². The summed E-state index contributed by atoms with van der Waals surface area (Å²) in [5.41, 5.74) is 0. The van der Waals surface area contributed by atoms with Crippen LogP contribution in [0.5, 0.6) is 11.5 Å². The van der Waals surface area contributed by atoms with Crippen LogP contribution in [0.4, 0.5) is 0 Å². The van der Waals surface area contributed by atoms with Crippen molar-refractivity contribution < 1.29 is 10.2 Å². The van der Waals surface area contributed by atoms with Crippen LogP contribution in [0.25, 0.3) is 43.1 Å². The summed E-state index contributed by atoms with van der Waals surface area (Å²) >= 11 is 0. The number of phenolic OH excluding ortho intramolecular Hbond substituents is 2. The SMILES string of the molecule is Oc1ccc2c3cc4ccccc4cc3c3ccccc3c2c1O. The largest absolute Gasteiger partial charge is 0.504 e. The molecule has 5 rings (SSSR count). The average molecular weight is 310 g/mol. The lowest BCUT2D eigenvalue weighted by atomic mass is 9.92. The first-order valence-electron chi connectivity index (χ1n) is 7.92. The maximum Gasteiger partial charge on any atom is 0.166 e. The van der Waals surface area contributed by atoms with Gasteiger partial charge in [0, 0.05) is 5.39 Å². The molecule has 2 nitrogen and oxygen atoms in total. The van der Waals surface area contributed by atoms with Crippen molar-refractivity contribution >= 4 is 43.1 Å². The number of benzene rings is 5. The van der Waals surface area contributed by atoms with Gasteiger partial charge in [-0.3, -0.25) is 0 Å². The fourth-order valence-electron chi connectivity index (χ4n) is 3.70. The van der Waals surface area contributed by atoms with Gasteiger partial charge in [-0.15, -0.1) is 0 Å². The Kier molecular flexibility index (Phi) is 2.54. The molecule has 0 saturated carbocycles. The molecule has 0 fully saturated rings. The van der Waals surface area contributed by atoms with Gasteiger partial charge >= 0.3 is 0 Å². The quantitative estimate of drug-likeness (QED) is 0.218. The Morgan fingerprint density at radius 2 is 1.04 bits per heavy atom. The molecule has 0 spiro atoms. The lowest BCUT2D eigenvalue weighted by molar-refractivity contribution is 0.408. The molecule has 114 valence electrons. The van der Waals surface area contributed by atoms with E-state index in [9.17, 15) is 10.2 Å². The fraction of sp³-hybridized carbons (Fsp3) is 0. The maximum atomic E-state index is 10.5. The van der Waals surface area contributed by atoms with E-state index >= 15 is 0 Å². The number of hydrogen-bond donors (Lipinski definition) is 2. The molecule has 0 aromatic heterocycles. The summed E-state index contributed by atoms with van der Waals surface area (Å²) in [7, 11) is 0. The topological polar surface area (TPSA) is 40.5 Å². The smallest absolute Gasteiger partial charge is 0.166 e. The summed E-state index contributed by atoms with van der Waals surface area (Å²) in [6, 6.07) is 24.1. The van der Waals surface area contributed by atoms with Gasteiger partial charge in [-0.1, -0.05) is 48.5 Å². The second-order valence-electron chi connectivity index (χ2n) is 6.15. The van der Waals surface area contributed by atoms with E-state index in [0.29, 0.717) is 5.39 Å². The van der Waals surface area contributed by atoms with Gasteiger partial charge in [0.15, 0.2) is 11.5 Å². The van der Waals surface area contributed by atoms with Crippen molar-refractivity contribution in [3.63, 3.8) is 0 Å². The first kappa shape index (κ1) is 13.2. The van der Waals surface area contributed by atoms with Crippen LogP contribution in [0.2, 0.25) is 0 Å². The minimum atomic E-state index is -0.0900. The van der Waals surface area contributed by atoms with Gasteiger partial charge in [-0.25, -0.2) is 0 Å². The van der Waals surface area contributed by atoms with Gasteiger partial charge in [0.2, 0.25) is 0 Å². The second-order valence-corrected chi connectivity index (χ2v) is 6.15. The minimum Gasteiger partial charge on any atom is -0.504 e. The van der Waals surface area contributed by atoms with Crippen LogP contribution in [0.3, 0.4) is 0 Å². The molecule has 0 unspecified atom stereocenters. The van der Waals surface area contributed by atoms with Crippen molar-refractivity contribution in [3.8, 4) is 11.5 Å². The van der Waals surface area contributed by atoms with Crippen molar-refractivity contribution in [1.29, 1.82) is 0 Å². The van der Waals surface area contributed by atoms with E-state index in [0.717, 1.165) is 32.3 Å². The molecule has 24 heavy (non-hydrogen) atoms. The second kappa shape index (κ2) is 4.62. The van der Waals surface area contributed by atoms with Crippen LogP contribution in [0, 0.1) is 0 Å². The third kappa shape index (κ3) is 1.65. The van der Waals surface area contributed by atoms with Gasteiger partial charge < -0.3 is 10.2 Å². The highest BCUT2D eigenvalue weighted by Crippen LogP contribution is 2.43. The van der Waals surface area contributed by atoms with E-state index in [2.05, 4.69) is 30.3 Å². The minimum absolute atomic E-state index is 0.0567. The van der Waals surface area contributed by atoms with Gasteiger partial charge in [-0.05, 0) is 62.0 Å². The molecular weight excluding hydrogens is 296 g/mol. The Morgan fingerprint density at radius 1 is 0.500 bits per heavy atom. The Morgan fingerprint density at radius 3 is 1.75 bits per heavy atom. The number of hydrogen-bond acceptors (Lipinski definition) is 2. The molecule has 5 aromatic carbocycles. The Balaban J connectivity index is 2.17. The Labute approximate surface area is 138 Å². The summed E-state index contributed by atoms with van der Waals surface area (Å²) < 4.78 is 0. The third-order valence-corrected chi connectivity index (χ3v) is 4.82. The molecule has 0 amide bonds. The van der Waals surface area contributed by atoms with Crippen LogP contribution in [0.15, 0.2) is 72.8 Å². The molecule has 0 aliphatic heterocycles. The summed E-state index contributed by atoms with van der Waals surface area (Å²) in [5, 5.41) is 28.7. The summed E-state index contributed by atoms with van der Waals surface area (Å²) in [6.45, 7) is 0. The number of phenols is 2.